The summed E-state index contributed by atoms with van der Waals surface area (Å²) in [5.74, 6) is 0.873. The number of benzene rings is 4. The number of fused-ring (bicyclic) bond motifs is 1. The molecule has 0 saturated carbocycles. The van der Waals surface area contributed by atoms with Gasteiger partial charge in [-0.05, 0) is 56.3 Å². The Hall–Kier alpha value is -4.12. The molecule has 40 heavy (non-hydrogen) atoms. The molecule has 208 valence electrons. The number of nitrogens with zero attached hydrogens (tertiary/aromatic N) is 1. The second kappa shape index (κ2) is 12.0. The summed E-state index contributed by atoms with van der Waals surface area (Å²) in [7, 11) is 0. The molecular weight excluding hydrogens is 496 g/mol. The van der Waals surface area contributed by atoms with Gasteiger partial charge in [0, 0.05) is 12.0 Å². The zero-order valence-electron chi connectivity index (χ0n) is 24.4. The van der Waals surface area contributed by atoms with Crippen LogP contribution >= 0.6 is 0 Å². The van der Waals surface area contributed by atoms with Crippen molar-refractivity contribution in [3.05, 3.63) is 107 Å². The van der Waals surface area contributed by atoms with E-state index in [1.807, 2.05) is 78.9 Å². The maximum atomic E-state index is 12.8. The SMILES string of the molecule is CC(C)(C)c1cc(CCC(=O)N/N=C\c2c(OCc3ccccc3)ccc3ccccc23)cc(C(C)(C)C)c1O. The van der Waals surface area contributed by atoms with Crippen LogP contribution in [0.2, 0.25) is 0 Å². The summed E-state index contributed by atoms with van der Waals surface area (Å²) in [6, 6.07) is 26.1. The van der Waals surface area contributed by atoms with Crippen LogP contribution in [0.4, 0.5) is 0 Å². The molecule has 0 aromatic heterocycles. The van der Waals surface area contributed by atoms with E-state index in [9.17, 15) is 9.90 Å². The molecule has 0 unspecified atom stereocenters. The van der Waals surface area contributed by atoms with Crippen molar-refractivity contribution in [1.29, 1.82) is 0 Å². The highest BCUT2D eigenvalue weighted by Gasteiger charge is 2.26. The molecule has 4 aromatic rings. The van der Waals surface area contributed by atoms with E-state index in [-0.39, 0.29) is 23.2 Å². The second-order valence-corrected chi connectivity index (χ2v) is 12.3. The van der Waals surface area contributed by atoms with Gasteiger partial charge in [0.25, 0.3) is 0 Å². The lowest BCUT2D eigenvalue weighted by atomic mass is 9.78. The van der Waals surface area contributed by atoms with Crippen molar-refractivity contribution >= 4 is 22.9 Å². The lowest BCUT2D eigenvalue weighted by Gasteiger charge is -2.28. The van der Waals surface area contributed by atoms with Crippen molar-refractivity contribution in [3.63, 3.8) is 0 Å². The summed E-state index contributed by atoms with van der Waals surface area (Å²) in [4.78, 5) is 12.8. The molecule has 0 aliphatic rings. The Morgan fingerprint density at radius 2 is 1.48 bits per heavy atom. The highest BCUT2D eigenvalue weighted by Crippen LogP contribution is 2.40. The number of hydrogen-bond acceptors (Lipinski definition) is 4. The lowest BCUT2D eigenvalue weighted by molar-refractivity contribution is -0.121. The maximum absolute atomic E-state index is 12.8. The average molecular weight is 537 g/mol. The van der Waals surface area contributed by atoms with E-state index in [1.165, 1.54) is 0 Å². The molecule has 1 amide bonds. The summed E-state index contributed by atoms with van der Waals surface area (Å²) in [6.07, 6.45) is 2.49. The van der Waals surface area contributed by atoms with Crippen molar-refractivity contribution in [2.75, 3.05) is 0 Å². The van der Waals surface area contributed by atoms with Gasteiger partial charge < -0.3 is 9.84 Å². The lowest BCUT2D eigenvalue weighted by Crippen LogP contribution is -2.20. The number of amides is 1. The number of carbonyl (C=O) groups excluding carboxylic acids is 1. The van der Waals surface area contributed by atoms with E-state index >= 15 is 0 Å². The van der Waals surface area contributed by atoms with Crippen molar-refractivity contribution in [3.8, 4) is 11.5 Å². The Morgan fingerprint density at radius 1 is 0.850 bits per heavy atom. The van der Waals surface area contributed by atoms with Gasteiger partial charge in [-0.2, -0.15) is 5.10 Å². The fraction of sp³-hybridized carbons (Fsp3) is 0.314. The molecule has 0 saturated heterocycles. The Morgan fingerprint density at radius 3 is 2.12 bits per heavy atom. The highest BCUT2D eigenvalue weighted by atomic mass is 16.5. The largest absolute Gasteiger partial charge is 0.507 e. The first-order valence-corrected chi connectivity index (χ1v) is 13.8. The number of rotatable bonds is 8. The first-order valence-electron chi connectivity index (χ1n) is 13.8. The van der Waals surface area contributed by atoms with Crippen LogP contribution in [0.3, 0.4) is 0 Å². The summed E-state index contributed by atoms with van der Waals surface area (Å²) >= 11 is 0. The van der Waals surface area contributed by atoms with Crippen LogP contribution < -0.4 is 10.2 Å². The maximum Gasteiger partial charge on any atom is 0.240 e. The first kappa shape index (κ1) is 28.9. The fourth-order valence-corrected chi connectivity index (χ4v) is 4.73. The molecule has 2 N–H and O–H groups in total. The normalized spacial score (nSPS) is 12.2. The summed E-state index contributed by atoms with van der Waals surface area (Å²) in [5, 5.41) is 17.3. The number of nitrogens with one attached hydrogen (secondary N) is 1. The number of phenols is 1. The summed E-state index contributed by atoms with van der Waals surface area (Å²) in [5.41, 5.74) is 6.97. The van der Waals surface area contributed by atoms with Crippen molar-refractivity contribution < 1.29 is 14.6 Å². The molecule has 0 bridgehead atoms. The molecular formula is C35H40N2O3. The molecule has 0 atom stereocenters. The smallest absolute Gasteiger partial charge is 0.240 e. The first-order chi connectivity index (χ1) is 18.9. The van der Waals surface area contributed by atoms with Crippen LogP contribution in [-0.4, -0.2) is 17.2 Å². The van der Waals surface area contributed by atoms with Gasteiger partial charge in [-0.1, -0.05) is 114 Å². The molecule has 4 rings (SSSR count). The third-order valence-electron chi connectivity index (χ3n) is 6.98. The minimum Gasteiger partial charge on any atom is -0.507 e. The van der Waals surface area contributed by atoms with Crippen LogP contribution in [0, 0.1) is 0 Å². The molecule has 4 aromatic carbocycles. The Labute approximate surface area is 237 Å². The monoisotopic (exact) mass is 536 g/mol. The van der Waals surface area contributed by atoms with Crippen LogP contribution in [0.1, 0.15) is 75.8 Å². The van der Waals surface area contributed by atoms with Gasteiger partial charge in [-0.3, -0.25) is 4.79 Å². The molecule has 0 fully saturated rings. The molecule has 0 aliphatic heterocycles. The molecule has 0 aliphatic carbocycles. The third kappa shape index (κ3) is 7.09. The van der Waals surface area contributed by atoms with E-state index in [4.69, 9.17) is 4.74 Å². The number of ether oxygens (including phenoxy) is 1. The Balaban J connectivity index is 1.49. The quantitative estimate of drug-likeness (QED) is 0.178. The Kier molecular flexibility index (Phi) is 8.63. The predicted molar refractivity (Wildman–Crippen MR) is 164 cm³/mol. The van der Waals surface area contributed by atoms with Gasteiger partial charge in [0.05, 0.1) is 6.21 Å². The van der Waals surface area contributed by atoms with Crippen molar-refractivity contribution in [2.24, 2.45) is 5.10 Å². The zero-order chi connectivity index (χ0) is 28.9. The minimum atomic E-state index is -0.217. The predicted octanol–water partition coefficient (Wildman–Crippen LogP) is 7.80. The van der Waals surface area contributed by atoms with E-state index in [2.05, 4.69) is 52.1 Å². The molecule has 0 heterocycles. The summed E-state index contributed by atoms with van der Waals surface area (Å²) < 4.78 is 6.16. The average Bonchev–Trinajstić information content (AvgIpc) is 2.91. The molecule has 5 nitrogen and oxygen atoms in total. The van der Waals surface area contributed by atoms with Gasteiger partial charge in [-0.25, -0.2) is 5.43 Å². The van der Waals surface area contributed by atoms with Crippen LogP contribution in [0.15, 0.2) is 84.0 Å². The molecule has 0 radical (unpaired) electrons. The van der Waals surface area contributed by atoms with Gasteiger partial charge in [0.1, 0.15) is 18.1 Å². The number of carbonyl (C=O) groups is 1. The number of phenolic OH excluding ortho intramolecular Hbond substituents is 1. The number of hydrogen-bond donors (Lipinski definition) is 2. The number of aryl methyl sites for hydroxylation is 1. The van der Waals surface area contributed by atoms with E-state index in [1.54, 1.807) is 6.21 Å². The van der Waals surface area contributed by atoms with Gasteiger partial charge in [0.15, 0.2) is 0 Å². The van der Waals surface area contributed by atoms with Gasteiger partial charge in [0.2, 0.25) is 5.91 Å². The highest BCUT2D eigenvalue weighted by molar-refractivity contribution is 6.02. The topological polar surface area (TPSA) is 70.9 Å². The standard InChI is InChI=1S/C35H40N2O3/c1-34(2,3)29-20-25(21-30(33(29)39)35(4,5)6)16-19-32(38)37-36-22-28-27-15-11-10-14-26(27)17-18-31(28)40-23-24-12-8-7-9-13-24/h7-15,17-18,20-22,39H,16,19,23H2,1-6H3,(H,37,38)/b36-22-. The van der Waals surface area contributed by atoms with Crippen molar-refractivity contribution in [2.45, 2.75) is 71.8 Å². The van der Waals surface area contributed by atoms with Crippen LogP contribution in [0.5, 0.6) is 11.5 Å². The van der Waals surface area contributed by atoms with Crippen LogP contribution in [-0.2, 0) is 28.7 Å². The third-order valence-corrected chi connectivity index (χ3v) is 6.98. The number of hydrazone groups is 1. The van der Waals surface area contributed by atoms with E-state index in [0.29, 0.717) is 24.5 Å². The number of aromatic hydroxyl groups is 1. The second-order valence-electron chi connectivity index (χ2n) is 12.3. The van der Waals surface area contributed by atoms with Gasteiger partial charge >= 0.3 is 0 Å². The van der Waals surface area contributed by atoms with Crippen LogP contribution in [0.25, 0.3) is 10.8 Å². The fourth-order valence-electron chi connectivity index (χ4n) is 4.73. The van der Waals surface area contributed by atoms with E-state index in [0.717, 1.165) is 38.6 Å². The molecule has 5 heteroatoms. The zero-order valence-corrected chi connectivity index (χ0v) is 24.4. The minimum absolute atomic E-state index is 0.175. The Bertz CT molecular complexity index is 1470. The van der Waals surface area contributed by atoms with E-state index < -0.39 is 0 Å². The van der Waals surface area contributed by atoms with Gasteiger partial charge in [-0.15, -0.1) is 0 Å². The molecule has 0 spiro atoms. The summed E-state index contributed by atoms with van der Waals surface area (Å²) in [6.45, 7) is 13.0. The van der Waals surface area contributed by atoms with Crippen molar-refractivity contribution in [1.82, 2.24) is 5.43 Å².